The Bertz CT molecular complexity index is 1190. The van der Waals surface area contributed by atoms with Crippen molar-refractivity contribution in [2.24, 2.45) is 17.8 Å². The lowest BCUT2D eigenvalue weighted by atomic mass is 9.88. The number of aromatic amines is 1. The summed E-state index contributed by atoms with van der Waals surface area (Å²) in [5, 5.41) is 17.8. The Balaban J connectivity index is 1.36. The van der Waals surface area contributed by atoms with Crippen LogP contribution in [0, 0.1) is 31.6 Å². The number of nitrogens with one attached hydrogen (secondary N) is 3. The zero-order chi connectivity index (χ0) is 24.7. The molecule has 2 saturated carbocycles. The third kappa shape index (κ3) is 4.88. The fraction of sp³-hybridized carbons (Fsp3) is 0.481. The molecule has 0 aliphatic heterocycles. The van der Waals surface area contributed by atoms with Gasteiger partial charge in [0, 0.05) is 29.2 Å². The lowest BCUT2D eigenvalue weighted by Gasteiger charge is -2.28. The highest BCUT2D eigenvalue weighted by Gasteiger charge is 2.48. The summed E-state index contributed by atoms with van der Waals surface area (Å²) in [4.78, 5) is 26.9. The quantitative estimate of drug-likeness (QED) is 0.420. The number of hydrogen-bond acceptors (Lipinski definition) is 4. The van der Waals surface area contributed by atoms with Crippen LogP contribution in [-0.2, 0) is 4.79 Å². The van der Waals surface area contributed by atoms with Crippen molar-refractivity contribution in [1.29, 1.82) is 0 Å². The van der Waals surface area contributed by atoms with Crippen LogP contribution in [0.4, 0.5) is 5.69 Å². The van der Waals surface area contributed by atoms with Gasteiger partial charge in [-0.1, -0.05) is 12.1 Å². The first-order valence-corrected chi connectivity index (χ1v) is 12.6. The van der Waals surface area contributed by atoms with Gasteiger partial charge in [0.05, 0.1) is 5.69 Å². The summed E-state index contributed by atoms with van der Waals surface area (Å²) in [5.74, 6) is 0.779. The van der Waals surface area contributed by atoms with E-state index in [0.717, 1.165) is 53.9 Å². The summed E-state index contributed by atoms with van der Waals surface area (Å²) in [5.41, 5.74) is 5.29. The van der Waals surface area contributed by atoms with E-state index in [1.54, 1.807) is 16.9 Å². The number of nitrogens with zero attached hydrogens (tertiary/aromatic N) is 3. The maximum atomic E-state index is 13.6. The number of aryl methyl sites for hydroxylation is 2. The average molecular weight is 475 g/mol. The molecule has 2 fully saturated rings. The zero-order valence-corrected chi connectivity index (χ0v) is 20.8. The minimum absolute atomic E-state index is 0.0571. The van der Waals surface area contributed by atoms with Gasteiger partial charge in [-0.3, -0.25) is 19.4 Å². The second-order valence-corrected chi connectivity index (χ2v) is 10.3. The van der Waals surface area contributed by atoms with E-state index >= 15 is 0 Å². The van der Waals surface area contributed by atoms with Gasteiger partial charge in [-0.25, -0.2) is 0 Å². The number of aromatic nitrogens is 4. The Labute approximate surface area is 205 Å². The van der Waals surface area contributed by atoms with Gasteiger partial charge in [-0.15, -0.1) is 0 Å². The molecular formula is C27H34N6O2. The molecule has 5 rings (SSSR count). The van der Waals surface area contributed by atoms with Crippen molar-refractivity contribution >= 4 is 17.5 Å². The molecule has 2 aliphatic rings. The Kier molecular flexibility index (Phi) is 6.21. The van der Waals surface area contributed by atoms with Crippen molar-refractivity contribution in [2.45, 2.75) is 65.5 Å². The van der Waals surface area contributed by atoms with Gasteiger partial charge in [0.25, 0.3) is 5.91 Å². The van der Waals surface area contributed by atoms with Crippen LogP contribution in [0.2, 0.25) is 0 Å². The first kappa shape index (κ1) is 23.3. The summed E-state index contributed by atoms with van der Waals surface area (Å²) in [6.07, 6.45) is 6.14. The minimum atomic E-state index is -0.573. The van der Waals surface area contributed by atoms with Gasteiger partial charge in [-0.05, 0) is 94.9 Å². The zero-order valence-electron chi connectivity index (χ0n) is 20.8. The first-order chi connectivity index (χ1) is 16.8. The number of hydrogen-bond donors (Lipinski definition) is 3. The molecule has 3 aromatic rings. The lowest BCUT2D eigenvalue weighted by Crippen LogP contribution is -2.50. The molecule has 0 bridgehead atoms. The molecule has 8 nitrogen and oxygen atoms in total. The summed E-state index contributed by atoms with van der Waals surface area (Å²) in [7, 11) is 0. The average Bonchev–Trinajstić information content (AvgIpc) is 3.76. The van der Waals surface area contributed by atoms with E-state index in [1.165, 1.54) is 0 Å². The Morgan fingerprint density at radius 1 is 1.03 bits per heavy atom. The molecule has 184 valence electrons. The number of amides is 2. The summed E-state index contributed by atoms with van der Waals surface area (Å²) in [6.45, 7) is 7.95. The molecule has 1 aromatic carbocycles. The number of anilines is 1. The molecule has 35 heavy (non-hydrogen) atoms. The van der Waals surface area contributed by atoms with Crippen LogP contribution in [0.15, 0.2) is 36.5 Å². The topological polar surface area (TPSA) is 105 Å². The largest absolute Gasteiger partial charge is 0.339 e. The van der Waals surface area contributed by atoms with Gasteiger partial charge in [0.2, 0.25) is 5.91 Å². The molecule has 3 N–H and O–H groups in total. The molecule has 1 atom stereocenters. The molecule has 0 saturated heterocycles. The van der Waals surface area contributed by atoms with Crippen molar-refractivity contribution in [3.63, 3.8) is 0 Å². The summed E-state index contributed by atoms with van der Waals surface area (Å²) >= 11 is 0. The van der Waals surface area contributed by atoms with Crippen LogP contribution in [0.25, 0.3) is 11.1 Å². The number of carbonyl (C=O) groups is 2. The van der Waals surface area contributed by atoms with Gasteiger partial charge >= 0.3 is 0 Å². The van der Waals surface area contributed by atoms with E-state index in [2.05, 4.69) is 25.9 Å². The highest BCUT2D eigenvalue weighted by Crippen LogP contribution is 2.51. The molecule has 2 heterocycles. The maximum Gasteiger partial charge on any atom is 0.270 e. The third-order valence-electron chi connectivity index (χ3n) is 7.25. The van der Waals surface area contributed by atoms with E-state index in [9.17, 15) is 9.59 Å². The highest BCUT2D eigenvalue weighted by molar-refractivity contribution is 6.01. The van der Waals surface area contributed by atoms with E-state index in [1.807, 2.05) is 52.0 Å². The second-order valence-electron chi connectivity index (χ2n) is 10.3. The third-order valence-corrected chi connectivity index (χ3v) is 7.25. The van der Waals surface area contributed by atoms with Crippen molar-refractivity contribution in [1.82, 2.24) is 25.3 Å². The number of H-pyrrole nitrogens is 1. The Hall–Kier alpha value is -3.42. The molecule has 2 aliphatic carbocycles. The predicted octanol–water partition coefficient (Wildman–Crippen LogP) is 4.64. The minimum Gasteiger partial charge on any atom is -0.339 e. The maximum absolute atomic E-state index is 13.6. The smallest absolute Gasteiger partial charge is 0.270 e. The number of carbonyl (C=O) groups excluding carboxylic acids is 2. The first-order valence-electron chi connectivity index (χ1n) is 12.6. The van der Waals surface area contributed by atoms with Crippen LogP contribution in [0.3, 0.4) is 0 Å². The molecule has 0 radical (unpaired) electrons. The fourth-order valence-corrected chi connectivity index (χ4v) is 5.27. The standard InChI is InChI=1S/C27H34N6O2/c1-15(2)33-22(13-14-28-33)26(34)30-25(24(19-5-6-19)20-7-8-20)27(35)29-21-11-9-18(10-12-21)23-16(3)31-32-17(23)4/h9-15,19-20,24-25H,5-8H2,1-4H3,(H,29,35)(H,30,34)(H,31,32)/t25-/m0/s1. The second kappa shape index (κ2) is 9.32. The highest BCUT2D eigenvalue weighted by atomic mass is 16.2. The molecule has 2 aromatic heterocycles. The van der Waals surface area contributed by atoms with Crippen molar-refractivity contribution in [3.05, 3.63) is 53.6 Å². The summed E-state index contributed by atoms with van der Waals surface area (Å²) < 4.78 is 1.70. The van der Waals surface area contributed by atoms with Gasteiger partial charge in [0.15, 0.2) is 0 Å². The normalized spacial score (nSPS) is 16.5. The number of rotatable bonds is 9. The van der Waals surface area contributed by atoms with Crippen LogP contribution in [0.5, 0.6) is 0 Å². The molecule has 0 spiro atoms. The van der Waals surface area contributed by atoms with Gasteiger partial charge in [-0.2, -0.15) is 10.2 Å². The lowest BCUT2D eigenvalue weighted by molar-refractivity contribution is -0.119. The Morgan fingerprint density at radius 2 is 1.69 bits per heavy atom. The van der Waals surface area contributed by atoms with Crippen LogP contribution in [-0.4, -0.2) is 37.8 Å². The predicted molar refractivity (Wildman–Crippen MR) is 135 cm³/mol. The van der Waals surface area contributed by atoms with Gasteiger partial charge < -0.3 is 10.6 Å². The van der Waals surface area contributed by atoms with Crippen LogP contribution < -0.4 is 10.6 Å². The van der Waals surface area contributed by atoms with Crippen molar-refractivity contribution in [2.75, 3.05) is 5.32 Å². The SMILES string of the molecule is Cc1n[nH]c(C)c1-c1ccc(NC(=O)[C@@H](NC(=O)c2ccnn2C(C)C)C(C2CC2)C2CC2)cc1. The van der Waals surface area contributed by atoms with E-state index in [4.69, 9.17) is 0 Å². The molecular weight excluding hydrogens is 440 g/mol. The van der Waals surface area contributed by atoms with Crippen molar-refractivity contribution in [3.8, 4) is 11.1 Å². The molecule has 8 heteroatoms. The van der Waals surface area contributed by atoms with E-state index in [-0.39, 0.29) is 23.8 Å². The van der Waals surface area contributed by atoms with Crippen LogP contribution >= 0.6 is 0 Å². The molecule has 2 amide bonds. The Morgan fingerprint density at radius 3 is 2.23 bits per heavy atom. The van der Waals surface area contributed by atoms with Crippen molar-refractivity contribution < 1.29 is 9.59 Å². The van der Waals surface area contributed by atoms with E-state index in [0.29, 0.717) is 17.5 Å². The summed E-state index contributed by atoms with van der Waals surface area (Å²) in [6, 6.07) is 9.01. The van der Waals surface area contributed by atoms with Crippen LogP contribution in [0.1, 0.15) is 67.4 Å². The van der Waals surface area contributed by atoms with E-state index < -0.39 is 6.04 Å². The fourth-order valence-electron chi connectivity index (χ4n) is 5.27. The molecule has 0 unspecified atom stereocenters. The van der Waals surface area contributed by atoms with Gasteiger partial charge in [0.1, 0.15) is 11.7 Å². The monoisotopic (exact) mass is 474 g/mol. The number of benzene rings is 1.